The largest absolute Gasteiger partial charge is 0.336 e. The molecule has 0 unspecified atom stereocenters. The topological polar surface area (TPSA) is 55.2 Å². The molecule has 0 saturated carbocycles. The van der Waals surface area contributed by atoms with Crippen molar-refractivity contribution in [2.75, 3.05) is 13.1 Å². The summed E-state index contributed by atoms with van der Waals surface area (Å²) in [5.41, 5.74) is 0. The lowest BCUT2D eigenvalue weighted by atomic mass is 10.5. The molecule has 1 aromatic rings. The molecule has 0 aliphatic heterocycles. The lowest BCUT2D eigenvalue weighted by Crippen LogP contribution is -2.32. The third-order valence-corrected chi connectivity index (χ3v) is 4.05. The molecule has 0 fully saturated rings. The number of aromatic nitrogens is 2. The SMILES string of the molecule is C#CCN(CCC)S(=O)(=O)c1cn(CC)cn1. The molecule has 0 aliphatic rings. The van der Waals surface area contributed by atoms with Crippen LogP contribution in [-0.4, -0.2) is 35.4 Å². The van der Waals surface area contributed by atoms with E-state index in [0.717, 1.165) is 6.42 Å². The molecule has 1 aromatic heterocycles. The van der Waals surface area contributed by atoms with Crippen LogP contribution in [0.3, 0.4) is 0 Å². The molecule has 0 radical (unpaired) electrons. The smallest absolute Gasteiger partial charge is 0.262 e. The summed E-state index contributed by atoms with van der Waals surface area (Å²) in [7, 11) is -3.56. The van der Waals surface area contributed by atoms with Crippen LogP contribution >= 0.6 is 0 Å². The van der Waals surface area contributed by atoms with E-state index in [9.17, 15) is 8.42 Å². The fourth-order valence-corrected chi connectivity index (χ4v) is 2.79. The summed E-state index contributed by atoms with van der Waals surface area (Å²) in [5.74, 6) is 2.36. The molecule has 17 heavy (non-hydrogen) atoms. The number of hydrogen-bond acceptors (Lipinski definition) is 3. The maximum Gasteiger partial charge on any atom is 0.262 e. The zero-order valence-electron chi connectivity index (χ0n) is 10.1. The molecule has 0 bridgehead atoms. The van der Waals surface area contributed by atoms with E-state index >= 15 is 0 Å². The summed E-state index contributed by atoms with van der Waals surface area (Å²) in [6.07, 6.45) is 8.93. The molecule has 6 heteroatoms. The van der Waals surface area contributed by atoms with Crippen LogP contribution in [0.15, 0.2) is 17.6 Å². The maximum absolute atomic E-state index is 12.2. The van der Waals surface area contributed by atoms with Gasteiger partial charge in [-0.25, -0.2) is 13.4 Å². The Morgan fingerprint density at radius 3 is 2.71 bits per heavy atom. The van der Waals surface area contributed by atoms with Crippen LogP contribution in [-0.2, 0) is 16.6 Å². The number of sulfonamides is 1. The van der Waals surface area contributed by atoms with E-state index in [1.807, 2.05) is 13.8 Å². The molecular formula is C11H17N3O2S. The Labute approximate surface area is 103 Å². The van der Waals surface area contributed by atoms with Gasteiger partial charge in [0, 0.05) is 19.3 Å². The summed E-state index contributed by atoms with van der Waals surface area (Å²) in [4.78, 5) is 3.91. The first-order valence-electron chi connectivity index (χ1n) is 5.51. The van der Waals surface area contributed by atoms with Crippen molar-refractivity contribution in [2.45, 2.75) is 31.8 Å². The Morgan fingerprint density at radius 2 is 2.24 bits per heavy atom. The molecule has 0 saturated heterocycles. The minimum Gasteiger partial charge on any atom is -0.336 e. The molecule has 5 nitrogen and oxygen atoms in total. The Balaban J connectivity index is 3.03. The minimum atomic E-state index is -3.56. The normalized spacial score (nSPS) is 11.6. The van der Waals surface area contributed by atoms with Crippen molar-refractivity contribution in [2.24, 2.45) is 0 Å². The highest BCUT2D eigenvalue weighted by Crippen LogP contribution is 2.13. The van der Waals surface area contributed by atoms with Gasteiger partial charge in [0.15, 0.2) is 5.03 Å². The third-order valence-electron chi connectivity index (χ3n) is 2.32. The van der Waals surface area contributed by atoms with Gasteiger partial charge >= 0.3 is 0 Å². The minimum absolute atomic E-state index is 0.0584. The number of terminal acetylenes is 1. The number of rotatable bonds is 6. The van der Waals surface area contributed by atoms with Crippen molar-refractivity contribution < 1.29 is 8.42 Å². The van der Waals surface area contributed by atoms with Crippen molar-refractivity contribution in [1.82, 2.24) is 13.9 Å². The molecule has 1 heterocycles. The quantitative estimate of drug-likeness (QED) is 0.711. The highest BCUT2D eigenvalue weighted by Gasteiger charge is 2.25. The summed E-state index contributed by atoms with van der Waals surface area (Å²) >= 11 is 0. The van der Waals surface area contributed by atoms with Crippen LogP contribution in [0.1, 0.15) is 20.3 Å². The van der Waals surface area contributed by atoms with Crippen LogP contribution in [0, 0.1) is 12.3 Å². The summed E-state index contributed by atoms with van der Waals surface area (Å²) < 4.78 is 27.4. The molecule has 0 atom stereocenters. The zero-order chi connectivity index (χ0) is 12.9. The van der Waals surface area contributed by atoms with Gasteiger partial charge in [-0.3, -0.25) is 0 Å². The van der Waals surface area contributed by atoms with Gasteiger partial charge in [-0.05, 0) is 13.3 Å². The van der Waals surface area contributed by atoms with Gasteiger partial charge in [0.1, 0.15) is 0 Å². The molecule has 0 spiro atoms. The van der Waals surface area contributed by atoms with Crippen molar-refractivity contribution >= 4 is 10.0 Å². The molecular weight excluding hydrogens is 238 g/mol. The number of imidazole rings is 1. The lowest BCUT2D eigenvalue weighted by molar-refractivity contribution is 0.443. The van der Waals surface area contributed by atoms with E-state index in [-0.39, 0.29) is 11.6 Å². The van der Waals surface area contributed by atoms with Crippen LogP contribution < -0.4 is 0 Å². The van der Waals surface area contributed by atoms with Crippen LogP contribution in [0.2, 0.25) is 0 Å². The Hall–Kier alpha value is -1.32. The van der Waals surface area contributed by atoms with Crippen molar-refractivity contribution in [3.63, 3.8) is 0 Å². The average Bonchev–Trinajstić information content (AvgIpc) is 2.78. The van der Waals surface area contributed by atoms with Crippen molar-refractivity contribution in [3.05, 3.63) is 12.5 Å². The Kier molecular flexibility index (Phi) is 4.73. The number of aryl methyl sites for hydroxylation is 1. The standard InChI is InChI=1S/C11H17N3O2S/c1-4-7-14(8-5-2)17(15,16)11-9-13(6-3)10-12-11/h1,9-10H,5-8H2,2-3H3. The van der Waals surface area contributed by atoms with E-state index in [4.69, 9.17) is 6.42 Å². The second-order valence-corrected chi connectivity index (χ2v) is 5.47. The predicted molar refractivity (Wildman–Crippen MR) is 65.8 cm³/mol. The first-order valence-corrected chi connectivity index (χ1v) is 6.95. The van der Waals surface area contributed by atoms with Crippen molar-refractivity contribution in [1.29, 1.82) is 0 Å². The van der Waals surface area contributed by atoms with E-state index in [2.05, 4.69) is 10.9 Å². The van der Waals surface area contributed by atoms with Gasteiger partial charge in [-0.15, -0.1) is 6.42 Å². The molecule has 0 amide bonds. The third kappa shape index (κ3) is 3.08. The van der Waals surface area contributed by atoms with E-state index in [1.165, 1.54) is 16.8 Å². The van der Waals surface area contributed by atoms with Crippen LogP contribution in [0.5, 0.6) is 0 Å². The molecule has 94 valence electrons. The zero-order valence-corrected chi connectivity index (χ0v) is 10.9. The highest BCUT2D eigenvalue weighted by molar-refractivity contribution is 7.89. The monoisotopic (exact) mass is 255 g/mol. The lowest BCUT2D eigenvalue weighted by Gasteiger charge is -2.17. The molecule has 0 N–H and O–H groups in total. The van der Waals surface area contributed by atoms with E-state index in [1.54, 1.807) is 4.57 Å². The van der Waals surface area contributed by atoms with E-state index < -0.39 is 10.0 Å². The number of hydrogen-bond donors (Lipinski definition) is 0. The van der Waals surface area contributed by atoms with Gasteiger partial charge in [-0.2, -0.15) is 4.31 Å². The number of nitrogens with zero attached hydrogens (tertiary/aromatic N) is 3. The summed E-state index contributed by atoms with van der Waals surface area (Å²) in [6, 6.07) is 0. The van der Waals surface area contributed by atoms with Gasteiger partial charge in [-0.1, -0.05) is 12.8 Å². The van der Waals surface area contributed by atoms with Crippen LogP contribution in [0.25, 0.3) is 0 Å². The fourth-order valence-electron chi connectivity index (χ4n) is 1.41. The second kappa shape index (κ2) is 5.84. The second-order valence-electron chi connectivity index (χ2n) is 3.59. The van der Waals surface area contributed by atoms with Gasteiger partial charge < -0.3 is 4.57 Å². The Bertz CT molecular complexity index is 499. The fraction of sp³-hybridized carbons (Fsp3) is 0.545. The van der Waals surface area contributed by atoms with Crippen LogP contribution in [0.4, 0.5) is 0 Å². The van der Waals surface area contributed by atoms with Gasteiger partial charge in [0.05, 0.1) is 12.9 Å². The Morgan fingerprint density at radius 1 is 1.53 bits per heavy atom. The molecule has 1 rings (SSSR count). The molecule has 0 aliphatic carbocycles. The van der Waals surface area contributed by atoms with E-state index in [0.29, 0.717) is 13.1 Å². The van der Waals surface area contributed by atoms with Crippen molar-refractivity contribution in [3.8, 4) is 12.3 Å². The highest BCUT2D eigenvalue weighted by atomic mass is 32.2. The van der Waals surface area contributed by atoms with Gasteiger partial charge in [0.25, 0.3) is 10.0 Å². The predicted octanol–water partition coefficient (Wildman–Crippen LogP) is 0.937. The first-order chi connectivity index (χ1) is 8.06. The summed E-state index contributed by atoms with van der Waals surface area (Å²) in [6.45, 7) is 5.00. The summed E-state index contributed by atoms with van der Waals surface area (Å²) in [5, 5.41) is 0.0584. The maximum atomic E-state index is 12.2. The average molecular weight is 255 g/mol. The molecule has 0 aromatic carbocycles. The first kappa shape index (κ1) is 13.7. The van der Waals surface area contributed by atoms with Gasteiger partial charge in [0.2, 0.25) is 0 Å².